The van der Waals surface area contributed by atoms with Crippen LogP contribution in [0.3, 0.4) is 0 Å². The number of carbonyl (C=O) groups excluding carboxylic acids is 1. The number of ketones is 1. The summed E-state index contributed by atoms with van der Waals surface area (Å²) in [6, 6.07) is 7.40. The predicted octanol–water partition coefficient (Wildman–Crippen LogP) is 3.15. The predicted molar refractivity (Wildman–Crippen MR) is 63.4 cm³/mol. The van der Waals surface area contributed by atoms with Crippen LogP contribution in [0.5, 0.6) is 0 Å². The molecule has 0 aromatic heterocycles. The summed E-state index contributed by atoms with van der Waals surface area (Å²) in [6.07, 6.45) is 3.73. The molecule has 0 atom stereocenters. The van der Waals surface area contributed by atoms with Crippen LogP contribution in [-0.4, -0.2) is 12.4 Å². The maximum absolute atomic E-state index is 11.9. The van der Waals surface area contributed by atoms with Crippen molar-refractivity contribution >= 4 is 17.4 Å². The topological polar surface area (TPSA) is 26.3 Å². The van der Waals surface area contributed by atoms with Crippen molar-refractivity contribution in [3.8, 4) is 0 Å². The molecule has 0 spiro atoms. The molecular formula is C13H13ClO2. The van der Waals surface area contributed by atoms with Crippen LogP contribution in [-0.2, 0) is 16.0 Å². The van der Waals surface area contributed by atoms with E-state index in [-0.39, 0.29) is 5.78 Å². The molecule has 0 amide bonds. The minimum atomic E-state index is 0.127. The standard InChI is InChI=1S/C13H13ClO2/c14-12-5-1-3-10(7-12)8-13(15)11-4-2-6-16-9-11/h1,3,5,7,9H,2,4,6,8H2. The van der Waals surface area contributed by atoms with Gasteiger partial charge in [-0.05, 0) is 30.5 Å². The first-order valence-electron chi connectivity index (χ1n) is 5.34. The molecule has 0 aliphatic carbocycles. The first-order valence-corrected chi connectivity index (χ1v) is 5.72. The van der Waals surface area contributed by atoms with Crippen LogP contribution < -0.4 is 0 Å². The molecular weight excluding hydrogens is 224 g/mol. The van der Waals surface area contributed by atoms with Gasteiger partial charge >= 0.3 is 0 Å². The monoisotopic (exact) mass is 236 g/mol. The smallest absolute Gasteiger partial charge is 0.166 e. The van der Waals surface area contributed by atoms with Crippen LogP contribution in [0.1, 0.15) is 18.4 Å². The Kier molecular flexibility index (Phi) is 3.62. The van der Waals surface area contributed by atoms with Crippen molar-refractivity contribution in [2.45, 2.75) is 19.3 Å². The third-order valence-electron chi connectivity index (χ3n) is 2.55. The molecule has 84 valence electrons. The van der Waals surface area contributed by atoms with Gasteiger partial charge in [-0.1, -0.05) is 23.7 Å². The number of carbonyl (C=O) groups is 1. The number of allylic oxidation sites excluding steroid dienone is 1. The van der Waals surface area contributed by atoms with Gasteiger partial charge < -0.3 is 4.74 Å². The van der Waals surface area contributed by atoms with E-state index in [1.807, 2.05) is 18.2 Å². The highest BCUT2D eigenvalue weighted by Crippen LogP contribution is 2.17. The Hall–Kier alpha value is -1.28. The van der Waals surface area contributed by atoms with Crippen LogP contribution in [0.15, 0.2) is 36.1 Å². The Morgan fingerprint density at radius 1 is 1.44 bits per heavy atom. The summed E-state index contributed by atoms with van der Waals surface area (Å²) in [5.74, 6) is 0.127. The molecule has 1 aliphatic rings. The number of ether oxygens (including phenoxy) is 1. The number of rotatable bonds is 3. The van der Waals surface area contributed by atoms with E-state index in [0.29, 0.717) is 18.1 Å². The minimum Gasteiger partial charge on any atom is -0.501 e. The highest BCUT2D eigenvalue weighted by molar-refractivity contribution is 6.30. The summed E-state index contributed by atoms with van der Waals surface area (Å²) < 4.78 is 5.16. The zero-order valence-corrected chi connectivity index (χ0v) is 9.67. The van der Waals surface area contributed by atoms with Crippen molar-refractivity contribution < 1.29 is 9.53 Å². The maximum atomic E-state index is 11.9. The summed E-state index contributed by atoms with van der Waals surface area (Å²) in [7, 11) is 0. The van der Waals surface area contributed by atoms with Crippen molar-refractivity contribution in [1.29, 1.82) is 0 Å². The normalized spacial score (nSPS) is 15.2. The van der Waals surface area contributed by atoms with Gasteiger partial charge in [0.2, 0.25) is 0 Å². The van der Waals surface area contributed by atoms with Crippen LogP contribution in [0.4, 0.5) is 0 Å². The molecule has 3 heteroatoms. The summed E-state index contributed by atoms with van der Waals surface area (Å²) in [5.41, 5.74) is 1.73. The molecule has 0 fully saturated rings. The van der Waals surface area contributed by atoms with Gasteiger partial charge in [0.15, 0.2) is 5.78 Å². The minimum absolute atomic E-state index is 0.127. The zero-order valence-electron chi connectivity index (χ0n) is 8.91. The Labute approximate surface area is 99.9 Å². The molecule has 1 aliphatic heterocycles. The van der Waals surface area contributed by atoms with Crippen LogP contribution in [0.25, 0.3) is 0 Å². The first kappa shape index (κ1) is 11.2. The van der Waals surface area contributed by atoms with E-state index in [1.54, 1.807) is 12.3 Å². The fraction of sp³-hybridized carbons (Fsp3) is 0.308. The fourth-order valence-corrected chi connectivity index (χ4v) is 1.93. The molecule has 0 unspecified atom stereocenters. The second-order valence-corrected chi connectivity index (χ2v) is 4.28. The van der Waals surface area contributed by atoms with Crippen LogP contribution in [0, 0.1) is 0 Å². The van der Waals surface area contributed by atoms with Gasteiger partial charge in [0.25, 0.3) is 0 Å². The Morgan fingerprint density at radius 3 is 3.00 bits per heavy atom. The van der Waals surface area contributed by atoms with Crippen LogP contribution >= 0.6 is 11.6 Å². The van der Waals surface area contributed by atoms with Crippen molar-refractivity contribution in [3.63, 3.8) is 0 Å². The van der Waals surface area contributed by atoms with Crippen molar-refractivity contribution in [2.24, 2.45) is 0 Å². The molecule has 0 saturated heterocycles. The molecule has 0 radical (unpaired) electrons. The molecule has 1 aromatic rings. The van der Waals surface area contributed by atoms with E-state index in [2.05, 4.69) is 0 Å². The van der Waals surface area contributed by atoms with E-state index in [1.165, 1.54) is 0 Å². The lowest BCUT2D eigenvalue weighted by Crippen LogP contribution is -2.11. The van der Waals surface area contributed by atoms with Gasteiger partial charge in [0, 0.05) is 17.0 Å². The Bertz CT molecular complexity index is 424. The molecule has 1 aromatic carbocycles. The Morgan fingerprint density at radius 2 is 2.31 bits per heavy atom. The fourth-order valence-electron chi connectivity index (χ4n) is 1.72. The summed E-state index contributed by atoms with van der Waals surface area (Å²) in [6.45, 7) is 0.716. The zero-order chi connectivity index (χ0) is 11.4. The second-order valence-electron chi connectivity index (χ2n) is 3.85. The molecule has 0 saturated carbocycles. The summed E-state index contributed by atoms with van der Waals surface area (Å²) in [4.78, 5) is 11.9. The molecule has 0 bridgehead atoms. The second kappa shape index (κ2) is 5.17. The lowest BCUT2D eigenvalue weighted by molar-refractivity contribution is -0.115. The van der Waals surface area contributed by atoms with E-state index in [4.69, 9.17) is 16.3 Å². The van der Waals surface area contributed by atoms with E-state index in [0.717, 1.165) is 24.0 Å². The number of benzene rings is 1. The van der Waals surface area contributed by atoms with Crippen LogP contribution in [0.2, 0.25) is 5.02 Å². The lowest BCUT2D eigenvalue weighted by atomic mass is 10.00. The molecule has 2 nitrogen and oxygen atoms in total. The van der Waals surface area contributed by atoms with Gasteiger partial charge in [-0.2, -0.15) is 0 Å². The molecule has 0 N–H and O–H groups in total. The summed E-state index contributed by atoms with van der Waals surface area (Å²) in [5, 5.41) is 0.666. The molecule has 2 rings (SSSR count). The van der Waals surface area contributed by atoms with Gasteiger partial charge in [-0.3, -0.25) is 4.79 Å². The lowest BCUT2D eigenvalue weighted by Gasteiger charge is -2.12. The number of hydrogen-bond acceptors (Lipinski definition) is 2. The quantitative estimate of drug-likeness (QED) is 0.806. The average molecular weight is 237 g/mol. The van der Waals surface area contributed by atoms with E-state index in [9.17, 15) is 4.79 Å². The largest absolute Gasteiger partial charge is 0.501 e. The van der Waals surface area contributed by atoms with Crippen molar-refractivity contribution in [1.82, 2.24) is 0 Å². The Balaban J connectivity index is 2.04. The van der Waals surface area contributed by atoms with Gasteiger partial charge in [0.1, 0.15) is 0 Å². The van der Waals surface area contributed by atoms with E-state index < -0.39 is 0 Å². The van der Waals surface area contributed by atoms with Gasteiger partial charge in [0.05, 0.1) is 12.9 Å². The number of hydrogen-bond donors (Lipinski definition) is 0. The van der Waals surface area contributed by atoms with Crippen molar-refractivity contribution in [2.75, 3.05) is 6.61 Å². The molecule has 16 heavy (non-hydrogen) atoms. The van der Waals surface area contributed by atoms with E-state index >= 15 is 0 Å². The highest BCUT2D eigenvalue weighted by atomic mass is 35.5. The van der Waals surface area contributed by atoms with Gasteiger partial charge in [-0.15, -0.1) is 0 Å². The SMILES string of the molecule is O=C(Cc1cccc(Cl)c1)C1=COCCC1. The average Bonchev–Trinajstić information content (AvgIpc) is 2.30. The first-order chi connectivity index (χ1) is 7.75. The maximum Gasteiger partial charge on any atom is 0.166 e. The number of Topliss-reactive ketones (excluding diaryl/α,β-unsaturated/α-hetero) is 1. The summed E-state index contributed by atoms with van der Waals surface area (Å²) >= 11 is 5.86. The third kappa shape index (κ3) is 2.86. The number of halogens is 1. The third-order valence-corrected chi connectivity index (χ3v) is 2.78. The van der Waals surface area contributed by atoms with Gasteiger partial charge in [-0.25, -0.2) is 0 Å². The highest BCUT2D eigenvalue weighted by Gasteiger charge is 2.13. The molecule has 1 heterocycles. The van der Waals surface area contributed by atoms with Crippen molar-refractivity contribution in [3.05, 3.63) is 46.7 Å².